The summed E-state index contributed by atoms with van der Waals surface area (Å²) in [6, 6.07) is 5.89. The molecule has 0 aromatic heterocycles. The Bertz CT molecular complexity index is 784. The Kier molecular flexibility index (Phi) is 6.96. The second-order valence-electron chi connectivity index (χ2n) is 7.72. The Morgan fingerprint density at radius 3 is 2.76 bits per heavy atom. The van der Waals surface area contributed by atoms with Crippen LogP contribution in [0.5, 0.6) is 5.75 Å². The molecule has 1 saturated carbocycles. The average molecular weight is 402 g/mol. The summed E-state index contributed by atoms with van der Waals surface area (Å²) >= 11 is 0. The third-order valence-corrected chi connectivity index (χ3v) is 5.51. The first kappa shape index (κ1) is 21.4. The molecule has 0 saturated heterocycles. The summed E-state index contributed by atoms with van der Waals surface area (Å²) in [5, 5.41) is 0. The summed E-state index contributed by atoms with van der Waals surface area (Å²) in [4.78, 5) is 24.9. The molecule has 0 amide bonds. The Balaban J connectivity index is 1.63. The number of ether oxygens (including phenoxy) is 4. The number of Topliss-reactive ketones (excluding diaryl/α,β-unsaturated/α-hetero) is 1. The highest BCUT2D eigenvalue weighted by Crippen LogP contribution is 2.36. The highest BCUT2D eigenvalue weighted by Gasteiger charge is 2.42. The Labute approximate surface area is 172 Å². The van der Waals surface area contributed by atoms with Gasteiger partial charge in [0.1, 0.15) is 18.1 Å². The van der Waals surface area contributed by atoms with Gasteiger partial charge in [-0.25, -0.2) is 4.79 Å². The van der Waals surface area contributed by atoms with Crippen molar-refractivity contribution in [1.29, 1.82) is 0 Å². The van der Waals surface area contributed by atoms with E-state index in [0.717, 1.165) is 11.1 Å². The second kappa shape index (κ2) is 9.44. The van der Waals surface area contributed by atoms with Crippen LogP contribution in [0.4, 0.5) is 0 Å². The minimum absolute atomic E-state index is 0.0296. The lowest BCUT2D eigenvalue weighted by Gasteiger charge is -2.38. The van der Waals surface area contributed by atoms with Crippen LogP contribution in [0.15, 0.2) is 30.2 Å². The third kappa shape index (κ3) is 4.99. The average Bonchev–Trinajstić information content (AvgIpc) is 2.71. The van der Waals surface area contributed by atoms with Crippen LogP contribution in [-0.4, -0.2) is 36.7 Å². The van der Waals surface area contributed by atoms with E-state index < -0.39 is 6.10 Å². The van der Waals surface area contributed by atoms with Crippen molar-refractivity contribution in [3.8, 4) is 5.75 Å². The monoisotopic (exact) mass is 402 g/mol. The van der Waals surface area contributed by atoms with Crippen molar-refractivity contribution < 1.29 is 28.5 Å². The van der Waals surface area contributed by atoms with Crippen LogP contribution in [0.3, 0.4) is 0 Å². The van der Waals surface area contributed by atoms with Crippen LogP contribution in [-0.2, 0) is 23.8 Å². The predicted octanol–water partition coefficient (Wildman–Crippen LogP) is 4.02. The van der Waals surface area contributed by atoms with Crippen molar-refractivity contribution in [2.45, 2.75) is 71.7 Å². The van der Waals surface area contributed by atoms with Crippen LogP contribution in [0.2, 0.25) is 0 Å². The van der Waals surface area contributed by atoms with Crippen LogP contribution in [0.25, 0.3) is 0 Å². The Morgan fingerprint density at radius 1 is 1.24 bits per heavy atom. The first-order valence-electron chi connectivity index (χ1n) is 10.4. The van der Waals surface area contributed by atoms with Gasteiger partial charge in [-0.15, -0.1) is 0 Å². The maximum atomic E-state index is 13.0. The zero-order valence-electron chi connectivity index (χ0n) is 17.6. The molecule has 1 aromatic rings. The molecule has 4 atom stereocenters. The maximum Gasteiger partial charge on any atom is 0.335 e. The smallest absolute Gasteiger partial charge is 0.335 e. The van der Waals surface area contributed by atoms with Gasteiger partial charge in [0.05, 0.1) is 18.6 Å². The number of esters is 1. The minimum atomic E-state index is -0.575. The maximum absolute atomic E-state index is 13.0. The first-order chi connectivity index (χ1) is 13.9. The van der Waals surface area contributed by atoms with E-state index in [1.165, 1.54) is 6.26 Å². The van der Waals surface area contributed by atoms with Gasteiger partial charge in [0.25, 0.3) is 0 Å². The molecule has 0 bridgehead atoms. The summed E-state index contributed by atoms with van der Waals surface area (Å²) in [5.74, 6) is 0.309. The summed E-state index contributed by atoms with van der Waals surface area (Å²) < 4.78 is 22.8. The Hall–Kier alpha value is -2.34. The van der Waals surface area contributed by atoms with Gasteiger partial charge in [-0.1, -0.05) is 19.1 Å². The zero-order valence-corrected chi connectivity index (χ0v) is 17.6. The number of carbonyl (C=O) groups excluding carboxylic acids is 2. The van der Waals surface area contributed by atoms with Crippen molar-refractivity contribution in [1.82, 2.24) is 0 Å². The number of carbonyl (C=O) groups is 2. The molecule has 0 spiro atoms. The molecule has 0 radical (unpaired) electrons. The van der Waals surface area contributed by atoms with Gasteiger partial charge in [0.2, 0.25) is 11.5 Å². The number of ketones is 1. The van der Waals surface area contributed by atoms with Crippen molar-refractivity contribution >= 4 is 11.8 Å². The molecule has 158 valence electrons. The fourth-order valence-corrected chi connectivity index (χ4v) is 3.85. The summed E-state index contributed by atoms with van der Waals surface area (Å²) in [7, 11) is 0. The van der Waals surface area contributed by atoms with E-state index in [-0.39, 0.29) is 35.6 Å². The molecule has 3 rings (SSSR count). The van der Waals surface area contributed by atoms with Gasteiger partial charge in [0.15, 0.2) is 6.10 Å². The number of rotatable bonds is 7. The van der Waals surface area contributed by atoms with Crippen molar-refractivity contribution in [2.24, 2.45) is 5.92 Å². The number of allylic oxidation sites excluding steroid dienone is 1. The summed E-state index contributed by atoms with van der Waals surface area (Å²) in [5.41, 5.74) is 2.03. The first-order valence-corrected chi connectivity index (χ1v) is 10.4. The van der Waals surface area contributed by atoms with E-state index in [4.69, 9.17) is 18.9 Å². The zero-order chi connectivity index (χ0) is 21.0. The predicted molar refractivity (Wildman–Crippen MR) is 107 cm³/mol. The molecule has 29 heavy (non-hydrogen) atoms. The minimum Gasteiger partial charge on any atom is -0.493 e. The summed E-state index contributed by atoms with van der Waals surface area (Å²) in [6.07, 6.45) is 2.92. The molecule has 1 aliphatic heterocycles. The highest BCUT2D eigenvalue weighted by atomic mass is 16.6. The van der Waals surface area contributed by atoms with Crippen LogP contribution < -0.4 is 4.74 Å². The van der Waals surface area contributed by atoms with E-state index in [1.807, 2.05) is 39.0 Å². The lowest BCUT2D eigenvalue weighted by Crippen LogP contribution is -2.44. The van der Waals surface area contributed by atoms with Gasteiger partial charge < -0.3 is 18.9 Å². The normalized spacial score (nSPS) is 24.8. The van der Waals surface area contributed by atoms with Crippen molar-refractivity contribution in [2.75, 3.05) is 6.61 Å². The molecule has 0 N–H and O–H groups in total. The number of benzene rings is 1. The van der Waals surface area contributed by atoms with E-state index in [9.17, 15) is 9.59 Å². The molecule has 4 unspecified atom stereocenters. The lowest BCUT2D eigenvalue weighted by molar-refractivity contribution is -0.166. The van der Waals surface area contributed by atoms with Crippen molar-refractivity contribution in [3.05, 3.63) is 41.3 Å². The molecule has 1 aromatic carbocycles. The molecule has 6 heteroatoms. The van der Waals surface area contributed by atoms with Gasteiger partial charge in [-0.3, -0.25) is 4.79 Å². The van der Waals surface area contributed by atoms with E-state index in [1.54, 1.807) is 6.92 Å². The van der Waals surface area contributed by atoms with Gasteiger partial charge in [-0.05, 0) is 57.2 Å². The fraction of sp³-hybridized carbons (Fsp3) is 0.565. The van der Waals surface area contributed by atoms with Crippen LogP contribution in [0, 0.1) is 19.8 Å². The van der Waals surface area contributed by atoms with Crippen LogP contribution in [0.1, 0.15) is 50.7 Å². The SMILES string of the molecule is CCOC(=O)C(CC)OC1CCC2C(=O)C(Oc3cc(C)ccc3C)=COC2C1. The Morgan fingerprint density at radius 2 is 2.03 bits per heavy atom. The largest absolute Gasteiger partial charge is 0.493 e. The molecule has 1 aliphatic carbocycles. The van der Waals surface area contributed by atoms with Crippen molar-refractivity contribution in [3.63, 3.8) is 0 Å². The molecule has 1 heterocycles. The van der Waals surface area contributed by atoms with E-state index in [0.29, 0.717) is 38.0 Å². The molecular weight excluding hydrogens is 372 g/mol. The number of aryl methyl sites for hydroxylation is 2. The molecule has 2 aliphatic rings. The lowest BCUT2D eigenvalue weighted by atomic mass is 9.80. The number of hydrogen-bond donors (Lipinski definition) is 0. The topological polar surface area (TPSA) is 71.1 Å². The fourth-order valence-electron chi connectivity index (χ4n) is 3.85. The van der Waals surface area contributed by atoms with Gasteiger partial charge >= 0.3 is 5.97 Å². The van der Waals surface area contributed by atoms with Crippen LogP contribution >= 0.6 is 0 Å². The standard InChI is InChI=1S/C23H30O6/c1-5-18(23(25)26-6-2)28-16-9-10-17-20(12-16)27-13-21(22(17)24)29-19-11-14(3)7-8-15(19)4/h7-8,11,13,16-18,20H,5-6,9-10,12H2,1-4H3. The van der Waals surface area contributed by atoms with Gasteiger partial charge in [0, 0.05) is 6.42 Å². The van der Waals surface area contributed by atoms with Gasteiger partial charge in [-0.2, -0.15) is 0 Å². The number of hydrogen-bond acceptors (Lipinski definition) is 6. The molecule has 6 nitrogen and oxygen atoms in total. The molecule has 1 fully saturated rings. The third-order valence-electron chi connectivity index (χ3n) is 5.51. The molecular formula is C23H30O6. The van der Waals surface area contributed by atoms with E-state index in [2.05, 4.69) is 0 Å². The highest BCUT2D eigenvalue weighted by molar-refractivity contribution is 5.96. The summed E-state index contributed by atoms with van der Waals surface area (Å²) in [6.45, 7) is 7.94. The second-order valence-corrected chi connectivity index (χ2v) is 7.72. The number of fused-ring (bicyclic) bond motifs is 1. The van der Waals surface area contributed by atoms with E-state index >= 15 is 0 Å². The quantitative estimate of drug-likeness (QED) is 0.642.